The maximum absolute atomic E-state index is 10.8. The second-order valence-electron chi connectivity index (χ2n) is 3.53. The van der Waals surface area contributed by atoms with Gasteiger partial charge in [-0.1, -0.05) is 48.5 Å². The van der Waals surface area contributed by atoms with E-state index >= 15 is 0 Å². The van der Waals surface area contributed by atoms with E-state index in [4.69, 9.17) is 0 Å². The molecular formula is C13H8LiNO. The summed E-state index contributed by atoms with van der Waals surface area (Å²) in [7, 11) is 0. The predicted octanol–water partition coefficient (Wildman–Crippen LogP) is 0.00620. The zero-order chi connectivity index (χ0) is 10.3. The van der Waals surface area contributed by atoms with Crippen LogP contribution in [-0.4, -0.2) is 5.71 Å². The Labute approximate surface area is 106 Å². The fourth-order valence-corrected chi connectivity index (χ4v) is 2.09. The quantitative estimate of drug-likeness (QED) is 0.372. The molecule has 0 aromatic heterocycles. The smallest absolute Gasteiger partial charge is 0.791 e. The van der Waals surface area contributed by atoms with Crippen LogP contribution in [0.25, 0.3) is 11.1 Å². The Morgan fingerprint density at radius 1 is 0.688 bits per heavy atom. The number of benzene rings is 2. The number of rotatable bonds is 0. The van der Waals surface area contributed by atoms with E-state index in [-0.39, 0.29) is 18.9 Å². The number of fused-ring (bicyclic) bond motifs is 3. The van der Waals surface area contributed by atoms with Gasteiger partial charge in [0.15, 0.2) is 0 Å². The standard InChI is InChI=1S/C13H9NO.Li/c15-14-13-11-7-3-1-5-9(11)10-6-2-4-8-12(10)13;/h1-8,15H;/q;+1/p-1. The Morgan fingerprint density at radius 3 is 1.44 bits per heavy atom. The number of hydrogen-bond acceptors (Lipinski definition) is 2. The normalized spacial score (nSPS) is 11.4. The molecule has 16 heavy (non-hydrogen) atoms. The zero-order valence-corrected chi connectivity index (χ0v) is 8.97. The van der Waals surface area contributed by atoms with Gasteiger partial charge in [0.1, 0.15) is 0 Å². The van der Waals surface area contributed by atoms with Crippen molar-refractivity contribution in [2.24, 2.45) is 5.16 Å². The number of hydrogen-bond donors (Lipinski definition) is 0. The molecular weight excluding hydrogens is 193 g/mol. The third-order valence-electron chi connectivity index (χ3n) is 2.75. The van der Waals surface area contributed by atoms with Crippen LogP contribution in [0.5, 0.6) is 0 Å². The number of nitrogens with zero attached hydrogens (tertiary/aromatic N) is 1. The molecule has 0 spiro atoms. The molecule has 0 fully saturated rings. The van der Waals surface area contributed by atoms with Crippen molar-refractivity contribution < 1.29 is 18.9 Å². The van der Waals surface area contributed by atoms with Crippen LogP contribution < -0.4 is 18.9 Å². The summed E-state index contributed by atoms with van der Waals surface area (Å²) in [6, 6.07) is 15.7. The van der Waals surface area contributed by atoms with Gasteiger partial charge in [0, 0.05) is 11.1 Å². The van der Waals surface area contributed by atoms with Crippen molar-refractivity contribution in [1.82, 2.24) is 0 Å². The van der Waals surface area contributed by atoms with Gasteiger partial charge in [0.2, 0.25) is 0 Å². The van der Waals surface area contributed by atoms with E-state index < -0.39 is 0 Å². The van der Waals surface area contributed by atoms with E-state index in [1.54, 1.807) is 0 Å². The molecule has 0 N–H and O–H groups in total. The fourth-order valence-electron chi connectivity index (χ4n) is 2.09. The average molecular weight is 201 g/mol. The van der Waals surface area contributed by atoms with Gasteiger partial charge in [0.05, 0.1) is 5.71 Å². The topological polar surface area (TPSA) is 35.4 Å². The third-order valence-corrected chi connectivity index (χ3v) is 2.75. The summed E-state index contributed by atoms with van der Waals surface area (Å²) < 4.78 is 0. The Bertz CT molecular complexity index is 516. The second-order valence-corrected chi connectivity index (χ2v) is 3.53. The molecule has 0 saturated carbocycles. The molecule has 3 heteroatoms. The van der Waals surface area contributed by atoms with Gasteiger partial charge >= 0.3 is 18.9 Å². The van der Waals surface area contributed by atoms with Gasteiger partial charge in [-0.3, -0.25) is 0 Å². The van der Waals surface area contributed by atoms with Crippen LogP contribution in [-0.2, 0) is 0 Å². The minimum Gasteiger partial charge on any atom is -0.791 e. The van der Waals surface area contributed by atoms with Gasteiger partial charge in [-0.2, -0.15) is 0 Å². The van der Waals surface area contributed by atoms with Crippen LogP contribution in [0.4, 0.5) is 0 Å². The van der Waals surface area contributed by atoms with Crippen molar-refractivity contribution in [1.29, 1.82) is 0 Å². The van der Waals surface area contributed by atoms with Crippen molar-refractivity contribution in [2.75, 3.05) is 0 Å². The average Bonchev–Trinajstić information content (AvgIpc) is 2.63. The first-order valence-corrected chi connectivity index (χ1v) is 4.81. The van der Waals surface area contributed by atoms with Gasteiger partial charge < -0.3 is 10.4 Å². The van der Waals surface area contributed by atoms with Gasteiger partial charge in [-0.15, -0.1) is 0 Å². The van der Waals surface area contributed by atoms with E-state index in [1.165, 1.54) is 0 Å². The van der Waals surface area contributed by atoms with Crippen molar-refractivity contribution >= 4 is 5.71 Å². The SMILES string of the molecule is [Li+].[O-]N=C1c2ccccc2-c2ccccc21. The van der Waals surface area contributed by atoms with Crippen molar-refractivity contribution in [2.45, 2.75) is 0 Å². The molecule has 0 saturated heterocycles. The molecule has 0 unspecified atom stereocenters. The molecule has 72 valence electrons. The fraction of sp³-hybridized carbons (Fsp3) is 0. The molecule has 1 aliphatic carbocycles. The Hall–Kier alpha value is -1.49. The minimum absolute atomic E-state index is 0. The second kappa shape index (κ2) is 4.17. The molecule has 2 nitrogen and oxygen atoms in total. The third kappa shape index (κ3) is 1.39. The summed E-state index contributed by atoms with van der Waals surface area (Å²) in [6.07, 6.45) is 0. The van der Waals surface area contributed by atoms with Gasteiger partial charge in [-0.25, -0.2) is 0 Å². The van der Waals surface area contributed by atoms with E-state index in [9.17, 15) is 5.21 Å². The van der Waals surface area contributed by atoms with E-state index in [0.717, 1.165) is 22.3 Å². The minimum atomic E-state index is 0. The summed E-state index contributed by atoms with van der Waals surface area (Å²) in [5, 5.41) is 14.0. The molecule has 0 radical (unpaired) electrons. The van der Waals surface area contributed by atoms with Crippen LogP contribution >= 0.6 is 0 Å². The van der Waals surface area contributed by atoms with Crippen LogP contribution in [0.15, 0.2) is 53.7 Å². The Balaban J connectivity index is 0.000000963. The van der Waals surface area contributed by atoms with Crippen molar-refractivity contribution in [3.63, 3.8) is 0 Å². The molecule has 0 amide bonds. The van der Waals surface area contributed by atoms with E-state index in [0.29, 0.717) is 5.71 Å². The van der Waals surface area contributed by atoms with Crippen LogP contribution in [0.1, 0.15) is 11.1 Å². The van der Waals surface area contributed by atoms with Gasteiger partial charge in [-0.05, 0) is 11.1 Å². The largest absolute Gasteiger partial charge is 1.00 e. The van der Waals surface area contributed by atoms with Gasteiger partial charge in [0.25, 0.3) is 0 Å². The summed E-state index contributed by atoms with van der Waals surface area (Å²) in [5.41, 5.74) is 4.63. The summed E-state index contributed by atoms with van der Waals surface area (Å²) in [4.78, 5) is 0. The Morgan fingerprint density at radius 2 is 1.06 bits per heavy atom. The molecule has 0 bridgehead atoms. The molecule has 1 aliphatic rings. The molecule has 2 aromatic rings. The zero-order valence-electron chi connectivity index (χ0n) is 8.97. The molecule has 0 atom stereocenters. The molecule has 2 aromatic carbocycles. The van der Waals surface area contributed by atoms with Crippen molar-refractivity contribution in [3.05, 3.63) is 64.9 Å². The maximum atomic E-state index is 10.8. The molecule has 0 heterocycles. The first-order valence-electron chi connectivity index (χ1n) is 4.81. The van der Waals surface area contributed by atoms with Crippen LogP contribution in [0.3, 0.4) is 0 Å². The summed E-state index contributed by atoms with van der Waals surface area (Å²) in [5.74, 6) is 0. The molecule has 0 aliphatic heterocycles. The summed E-state index contributed by atoms with van der Waals surface area (Å²) >= 11 is 0. The summed E-state index contributed by atoms with van der Waals surface area (Å²) in [6.45, 7) is 0. The maximum Gasteiger partial charge on any atom is 1.00 e. The molecule has 3 rings (SSSR count). The van der Waals surface area contributed by atoms with Crippen LogP contribution in [0.2, 0.25) is 0 Å². The first kappa shape index (κ1) is 11.0. The van der Waals surface area contributed by atoms with Crippen LogP contribution in [0, 0.1) is 5.21 Å². The Kier molecular flexibility index (Phi) is 2.87. The monoisotopic (exact) mass is 201 g/mol. The van der Waals surface area contributed by atoms with E-state index in [2.05, 4.69) is 5.16 Å². The predicted molar refractivity (Wildman–Crippen MR) is 60.9 cm³/mol. The first-order chi connectivity index (χ1) is 7.42. The van der Waals surface area contributed by atoms with Crippen molar-refractivity contribution in [3.8, 4) is 11.1 Å². The van der Waals surface area contributed by atoms with E-state index in [1.807, 2.05) is 48.5 Å².